The zero-order chi connectivity index (χ0) is 10.9. The fourth-order valence-corrected chi connectivity index (χ4v) is 2.20. The second-order valence-electron chi connectivity index (χ2n) is 4.01. The first kappa shape index (κ1) is 11.2. The third-order valence-electron chi connectivity index (χ3n) is 2.67. The van der Waals surface area contributed by atoms with Crippen LogP contribution in [0.4, 0.5) is 0 Å². The van der Waals surface area contributed by atoms with Crippen molar-refractivity contribution in [3.63, 3.8) is 0 Å². The molecule has 1 N–H and O–H groups in total. The summed E-state index contributed by atoms with van der Waals surface area (Å²) in [7, 11) is 0. The van der Waals surface area contributed by atoms with Crippen molar-refractivity contribution in [1.82, 2.24) is 14.8 Å². The van der Waals surface area contributed by atoms with Crippen LogP contribution < -0.4 is 0 Å². The number of aromatic nitrogens is 3. The first-order valence-electron chi connectivity index (χ1n) is 4.96. The van der Waals surface area contributed by atoms with Crippen molar-refractivity contribution in [2.45, 2.75) is 36.2 Å². The van der Waals surface area contributed by atoms with E-state index >= 15 is 0 Å². The third-order valence-corrected chi connectivity index (χ3v) is 3.59. The highest BCUT2D eigenvalue weighted by Crippen LogP contribution is 2.55. The molecule has 0 aliphatic heterocycles. The van der Waals surface area contributed by atoms with Crippen LogP contribution in [0.5, 0.6) is 0 Å². The fourth-order valence-electron chi connectivity index (χ4n) is 1.61. The van der Waals surface area contributed by atoms with Crippen LogP contribution in [0.3, 0.4) is 0 Å². The van der Waals surface area contributed by atoms with Crippen molar-refractivity contribution in [2.24, 2.45) is 5.92 Å². The SMILES string of the molecule is O[C@@H](CC[C@H]1CC1(Cl)Cl)Cn1cncn1. The summed E-state index contributed by atoms with van der Waals surface area (Å²) in [6.07, 6.45) is 5.04. The van der Waals surface area contributed by atoms with Crippen LogP contribution in [-0.2, 0) is 6.54 Å². The summed E-state index contributed by atoms with van der Waals surface area (Å²) in [5, 5.41) is 13.6. The molecule has 6 heteroatoms. The number of aliphatic hydroxyl groups is 1. The van der Waals surface area contributed by atoms with Crippen molar-refractivity contribution in [2.75, 3.05) is 0 Å². The van der Waals surface area contributed by atoms with Crippen molar-refractivity contribution >= 4 is 23.2 Å². The molecule has 0 saturated heterocycles. The standard InChI is InChI=1S/C9H13Cl2N3O/c10-9(11)3-7(9)1-2-8(15)4-14-6-12-5-13-14/h5-8,15H,1-4H2/t7-,8-/m0/s1. The lowest BCUT2D eigenvalue weighted by atomic mass is 10.1. The first-order valence-corrected chi connectivity index (χ1v) is 5.72. The topological polar surface area (TPSA) is 50.9 Å². The summed E-state index contributed by atoms with van der Waals surface area (Å²) in [4.78, 5) is 3.80. The number of nitrogens with zero attached hydrogens (tertiary/aromatic N) is 3. The number of hydrogen-bond acceptors (Lipinski definition) is 3. The van der Waals surface area contributed by atoms with Gasteiger partial charge >= 0.3 is 0 Å². The van der Waals surface area contributed by atoms with Gasteiger partial charge in [-0.25, -0.2) is 4.98 Å². The smallest absolute Gasteiger partial charge is 0.137 e. The molecule has 0 spiro atoms. The summed E-state index contributed by atoms with van der Waals surface area (Å²) in [6, 6.07) is 0. The molecule has 1 saturated carbocycles. The van der Waals surface area contributed by atoms with Gasteiger partial charge in [-0.05, 0) is 25.2 Å². The maximum Gasteiger partial charge on any atom is 0.137 e. The summed E-state index contributed by atoms with van der Waals surface area (Å²) < 4.78 is 1.08. The Balaban J connectivity index is 1.67. The average molecular weight is 250 g/mol. The van der Waals surface area contributed by atoms with Crippen LogP contribution >= 0.6 is 23.2 Å². The second-order valence-corrected chi connectivity index (χ2v) is 5.55. The molecule has 1 aliphatic carbocycles. The van der Waals surface area contributed by atoms with Crippen molar-refractivity contribution in [1.29, 1.82) is 0 Å². The number of alkyl halides is 2. The quantitative estimate of drug-likeness (QED) is 0.808. The molecule has 4 nitrogen and oxygen atoms in total. The Morgan fingerprint density at radius 3 is 2.87 bits per heavy atom. The largest absolute Gasteiger partial charge is 0.391 e. The summed E-state index contributed by atoms with van der Waals surface area (Å²) in [6.45, 7) is 0.476. The molecule has 0 aromatic carbocycles. The normalized spacial score (nSPS) is 25.1. The fraction of sp³-hybridized carbons (Fsp3) is 0.778. The van der Waals surface area contributed by atoms with E-state index in [1.807, 2.05) is 0 Å². The van der Waals surface area contributed by atoms with Gasteiger partial charge in [-0.15, -0.1) is 23.2 Å². The number of halogens is 2. The minimum absolute atomic E-state index is 0.339. The third kappa shape index (κ3) is 3.06. The van der Waals surface area contributed by atoms with Gasteiger partial charge in [0, 0.05) is 0 Å². The van der Waals surface area contributed by atoms with Gasteiger partial charge in [-0.2, -0.15) is 5.10 Å². The highest BCUT2D eigenvalue weighted by molar-refractivity contribution is 6.50. The van der Waals surface area contributed by atoms with Crippen LogP contribution in [0.25, 0.3) is 0 Å². The molecule has 0 amide bonds. The van der Waals surface area contributed by atoms with E-state index in [0.29, 0.717) is 18.9 Å². The van der Waals surface area contributed by atoms with E-state index in [2.05, 4.69) is 10.1 Å². The Hall–Kier alpha value is -0.320. The molecular formula is C9H13Cl2N3O. The molecule has 2 rings (SSSR count). The Morgan fingerprint density at radius 1 is 1.60 bits per heavy atom. The number of hydrogen-bond donors (Lipinski definition) is 1. The Bertz CT molecular complexity index is 315. The zero-order valence-electron chi connectivity index (χ0n) is 8.18. The molecule has 84 valence electrons. The zero-order valence-corrected chi connectivity index (χ0v) is 9.69. The molecule has 15 heavy (non-hydrogen) atoms. The maximum atomic E-state index is 9.69. The molecule has 1 aromatic rings. The van der Waals surface area contributed by atoms with E-state index in [4.69, 9.17) is 23.2 Å². The molecular weight excluding hydrogens is 237 g/mol. The van der Waals surface area contributed by atoms with E-state index in [9.17, 15) is 5.11 Å². The Kier molecular flexibility index (Phi) is 3.19. The molecule has 1 fully saturated rings. The van der Waals surface area contributed by atoms with E-state index < -0.39 is 10.4 Å². The number of aliphatic hydroxyl groups excluding tert-OH is 1. The molecule has 0 radical (unpaired) electrons. The van der Waals surface area contributed by atoms with E-state index in [1.54, 1.807) is 11.0 Å². The van der Waals surface area contributed by atoms with E-state index in [1.165, 1.54) is 6.33 Å². The lowest BCUT2D eigenvalue weighted by Crippen LogP contribution is -2.16. The van der Waals surface area contributed by atoms with Crippen molar-refractivity contribution in [3.05, 3.63) is 12.7 Å². The van der Waals surface area contributed by atoms with Gasteiger partial charge in [0.2, 0.25) is 0 Å². The maximum absolute atomic E-state index is 9.69. The van der Waals surface area contributed by atoms with Gasteiger partial charge in [0.15, 0.2) is 0 Å². The second kappa shape index (κ2) is 4.28. The molecule has 0 unspecified atom stereocenters. The summed E-state index contributed by atoms with van der Waals surface area (Å²) in [5.74, 6) is 0.339. The van der Waals surface area contributed by atoms with Crippen molar-refractivity contribution in [3.8, 4) is 0 Å². The molecule has 1 aliphatic rings. The van der Waals surface area contributed by atoms with Crippen LogP contribution in [-0.4, -0.2) is 30.3 Å². The van der Waals surface area contributed by atoms with Gasteiger partial charge in [0.25, 0.3) is 0 Å². The molecule has 2 atom stereocenters. The minimum atomic E-state index is -0.535. The highest BCUT2D eigenvalue weighted by Gasteiger charge is 2.50. The van der Waals surface area contributed by atoms with Gasteiger partial charge in [0.1, 0.15) is 17.0 Å². The van der Waals surface area contributed by atoms with Gasteiger partial charge in [0.05, 0.1) is 12.6 Å². The predicted octanol–water partition coefficient (Wildman–Crippen LogP) is 1.61. The predicted molar refractivity (Wildman–Crippen MR) is 57.8 cm³/mol. The van der Waals surface area contributed by atoms with Gasteiger partial charge in [-0.3, -0.25) is 4.68 Å². The van der Waals surface area contributed by atoms with Crippen LogP contribution in [0, 0.1) is 5.92 Å². The minimum Gasteiger partial charge on any atom is -0.391 e. The Morgan fingerprint density at radius 2 is 2.33 bits per heavy atom. The molecule has 0 bridgehead atoms. The van der Waals surface area contributed by atoms with E-state index in [-0.39, 0.29) is 0 Å². The summed E-state index contributed by atoms with van der Waals surface area (Å²) in [5.41, 5.74) is 0. The lowest BCUT2D eigenvalue weighted by Gasteiger charge is -2.09. The van der Waals surface area contributed by atoms with Crippen LogP contribution in [0.15, 0.2) is 12.7 Å². The van der Waals surface area contributed by atoms with Gasteiger partial charge in [-0.1, -0.05) is 0 Å². The molecule has 1 heterocycles. The van der Waals surface area contributed by atoms with Crippen LogP contribution in [0.1, 0.15) is 19.3 Å². The van der Waals surface area contributed by atoms with Crippen molar-refractivity contribution < 1.29 is 5.11 Å². The average Bonchev–Trinajstić information content (AvgIpc) is 2.62. The highest BCUT2D eigenvalue weighted by atomic mass is 35.5. The monoisotopic (exact) mass is 249 g/mol. The van der Waals surface area contributed by atoms with E-state index in [0.717, 1.165) is 12.8 Å². The number of rotatable bonds is 5. The lowest BCUT2D eigenvalue weighted by molar-refractivity contribution is 0.135. The first-order chi connectivity index (χ1) is 7.08. The summed E-state index contributed by atoms with van der Waals surface area (Å²) >= 11 is 11.8. The Labute approximate surface area is 98.2 Å². The van der Waals surface area contributed by atoms with Gasteiger partial charge < -0.3 is 5.11 Å². The van der Waals surface area contributed by atoms with Crippen LogP contribution in [0.2, 0.25) is 0 Å². The molecule has 1 aromatic heterocycles.